The molecular formula is C23H16ClN3O5S. The Balaban J connectivity index is 1.66. The van der Waals surface area contributed by atoms with Crippen LogP contribution in [0, 0.1) is 6.92 Å². The van der Waals surface area contributed by atoms with Crippen LogP contribution in [0.1, 0.15) is 32.1 Å². The monoisotopic (exact) mass is 481 g/mol. The quantitative estimate of drug-likeness (QED) is 0.402. The lowest BCUT2D eigenvalue weighted by molar-refractivity contribution is -0.116. The molecule has 0 saturated carbocycles. The highest BCUT2D eigenvalue weighted by atomic mass is 35.5. The summed E-state index contributed by atoms with van der Waals surface area (Å²) in [6, 6.07) is 13.0. The number of benzene rings is 2. The van der Waals surface area contributed by atoms with Crippen LogP contribution >= 0.6 is 22.9 Å². The van der Waals surface area contributed by atoms with Gasteiger partial charge in [0.15, 0.2) is 5.78 Å². The molecule has 2 aromatic heterocycles. The molecule has 0 unspecified atom stereocenters. The normalized spacial score (nSPS) is 10.8. The van der Waals surface area contributed by atoms with Crippen molar-refractivity contribution in [3.8, 4) is 0 Å². The van der Waals surface area contributed by atoms with Gasteiger partial charge in [-0.15, -0.1) is 11.3 Å². The van der Waals surface area contributed by atoms with E-state index in [4.69, 9.17) is 11.6 Å². The zero-order chi connectivity index (χ0) is 23.7. The Hall–Kier alpha value is -3.82. The summed E-state index contributed by atoms with van der Waals surface area (Å²) >= 11 is 7.13. The van der Waals surface area contributed by atoms with Crippen LogP contribution in [-0.4, -0.2) is 32.3 Å². The molecule has 0 aliphatic heterocycles. The molecule has 0 aliphatic rings. The zero-order valence-corrected chi connectivity index (χ0v) is 18.7. The predicted octanol–water partition coefficient (Wildman–Crippen LogP) is 3.99. The smallest absolute Gasteiger partial charge is 0.337 e. The highest BCUT2D eigenvalue weighted by Gasteiger charge is 2.21. The van der Waals surface area contributed by atoms with Crippen molar-refractivity contribution in [2.75, 3.05) is 5.32 Å². The first kappa shape index (κ1) is 22.4. The molecule has 2 heterocycles. The number of nitrogens with zero attached hydrogens (tertiary/aromatic N) is 2. The number of aromatic nitrogens is 2. The molecule has 8 nitrogen and oxygen atoms in total. The van der Waals surface area contributed by atoms with Crippen LogP contribution in [0.25, 0.3) is 10.2 Å². The van der Waals surface area contributed by atoms with Crippen molar-refractivity contribution in [3.63, 3.8) is 0 Å². The van der Waals surface area contributed by atoms with E-state index >= 15 is 0 Å². The van der Waals surface area contributed by atoms with E-state index in [1.165, 1.54) is 23.6 Å². The average molecular weight is 482 g/mol. The van der Waals surface area contributed by atoms with Crippen LogP contribution < -0.4 is 10.9 Å². The minimum Gasteiger partial charge on any atom is -0.478 e. The summed E-state index contributed by atoms with van der Waals surface area (Å²) < 4.78 is 1.10. The summed E-state index contributed by atoms with van der Waals surface area (Å²) in [4.78, 5) is 54.7. The SMILES string of the molecule is Cc1nc2scc(C(=O)O)c2c(=O)n1CC(=O)Nc1ccc(Cl)cc1C(=O)c1ccccc1. The third kappa shape index (κ3) is 4.41. The van der Waals surface area contributed by atoms with Crippen LogP contribution in [0.5, 0.6) is 0 Å². The van der Waals surface area contributed by atoms with E-state index in [9.17, 15) is 24.3 Å². The van der Waals surface area contributed by atoms with Gasteiger partial charge in [-0.25, -0.2) is 9.78 Å². The first-order valence-corrected chi connectivity index (χ1v) is 10.9. The molecule has 0 atom stereocenters. The fourth-order valence-corrected chi connectivity index (χ4v) is 4.48. The van der Waals surface area contributed by atoms with Gasteiger partial charge < -0.3 is 10.4 Å². The third-order valence-corrected chi connectivity index (χ3v) is 6.06. The summed E-state index contributed by atoms with van der Waals surface area (Å²) in [6.45, 7) is 1.14. The van der Waals surface area contributed by atoms with Gasteiger partial charge in [-0.2, -0.15) is 0 Å². The molecular weight excluding hydrogens is 466 g/mol. The molecule has 1 amide bonds. The van der Waals surface area contributed by atoms with Gasteiger partial charge in [-0.05, 0) is 25.1 Å². The van der Waals surface area contributed by atoms with Gasteiger partial charge in [0.25, 0.3) is 5.56 Å². The fourth-order valence-electron chi connectivity index (χ4n) is 3.36. The van der Waals surface area contributed by atoms with Crippen molar-refractivity contribution < 1.29 is 19.5 Å². The Morgan fingerprint density at radius 1 is 1.12 bits per heavy atom. The largest absolute Gasteiger partial charge is 0.478 e. The number of aryl methyl sites for hydroxylation is 1. The van der Waals surface area contributed by atoms with Crippen molar-refractivity contribution in [1.82, 2.24) is 9.55 Å². The second-order valence-corrected chi connectivity index (χ2v) is 8.41. The Morgan fingerprint density at radius 2 is 1.85 bits per heavy atom. The molecule has 166 valence electrons. The third-order valence-electron chi connectivity index (χ3n) is 4.95. The molecule has 2 aromatic carbocycles. The van der Waals surface area contributed by atoms with Gasteiger partial charge in [-0.3, -0.25) is 19.0 Å². The number of thiophene rings is 1. The highest BCUT2D eigenvalue weighted by molar-refractivity contribution is 7.17. The maximum Gasteiger partial charge on any atom is 0.337 e. The van der Waals surface area contributed by atoms with Gasteiger partial charge in [0, 0.05) is 21.5 Å². The number of rotatable bonds is 6. The predicted molar refractivity (Wildman–Crippen MR) is 126 cm³/mol. The number of carboxylic acids is 1. The molecule has 0 saturated heterocycles. The minimum absolute atomic E-state index is 0.0441. The Morgan fingerprint density at radius 3 is 2.55 bits per heavy atom. The van der Waals surface area contributed by atoms with Crippen LogP contribution in [0.3, 0.4) is 0 Å². The number of fused-ring (bicyclic) bond motifs is 1. The number of halogens is 1. The van der Waals surface area contributed by atoms with Crippen LogP contribution in [0.4, 0.5) is 5.69 Å². The van der Waals surface area contributed by atoms with E-state index in [-0.39, 0.29) is 33.8 Å². The zero-order valence-electron chi connectivity index (χ0n) is 17.2. The van der Waals surface area contributed by atoms with Crippen molar-refractivity contribution in [1.29, 1.82) is 0 Å². The number of carbonyl (C=O) groups is 3. The number of ketones is 1. The summed E-state index contributed by atoms with van der Waals surface area (Å²) in [5.41, 5.74) is 0.0826. The molecule has 10 heteroatoms. The molecule has 4 rings (SSSR count). The van der Waals surface area contributed by atoms with Gasteiger partial charge in [0.05, 0.1) is 16.6 Å². The van der Waals surface area contributed by atoms with E-state index in [0.29, 0.717) is 15.4 Å². The van der Waals surface area contributed by atoms with E-state index in [1.807, 2.05) is 0 Å². The van der Waals surface area contributed by atoms with E-state index < -0.39 is 24.0 Å². The Labute approximate surface area is 196 Å². The second kappa shape index (κ2) is 8.97. The molecule has 4 aromatic rings. The maximum absolute atomic E-state index is 13.0. The molecule has 0 radical (unpaired) electrons. The first-order valence-electron chi connectivity index (χ1n) is 9.67. The lowest BCUT2D eigenvalue weighted by Gasteiger charge is -2.13. The number of amides is 1. The van der Waals surface area contributed by atoms with Crippen molar-refractivity contribution in [2.45, 2.75) is 13.5 Å². The summed E-state index contributed by atoms with van der Waals surface area (Å²) in [7, 11) is 0. The molecule has 2 N–H and O–H groups in total. The molecule has 0 fully saturated rings. The first-order chi connectivity index (χ1) is 15.8. The van der Waals surface area contributed by atoms with E-state index in [0.717, 1.165) is 15.9 Å². The maximum atomic E-state index is 13.0. The number of aromatic carboxylic acids is 1. The van der Waals surface area contributed by atoms with Gasteiger partial charge in [-0.1, -0.05) is 41.9 Å². The molecule has 0 aliphatic carbocycles. The van der Waals surface area contributed by atoms with Gasteiger partial charge >= 0.3 is 5.97 Å². The average Bonchev–Trinajstić information content (AvgIpc) is 3.22. The van der Waals surface area contributed by atoms with Crippen LogP contribution in [0.15, 0.2) is 58.7 Å². The summed E-state index contributed by atoms with van der Waals surface area (Å²) in [5, 5.41) is 13.6. The number of anilines is 1. The highest BCUT2D eigenvalue weighted by Crippen LogP contribution is 2.24. The number of carboxylic acid groups (broad SMARTS) is 1. The molecule has 0 bridgehead atoms. The standard InChI is InChI=1S/C23H16ClN3O5S/c1-12-25-21-19(16(11-33-21)23(31)32)22(30)27(12)10-18(28)26-17-8-7-14(24)9-15(17)20(29)13-5-3-2-4-6-13/h2-9,11H,10H2,1H3,(H,26,28)(H,31,32). The number of nitrogens with one attached hydrogen (secondary N) is 1. The van der Waals surface area contributed by atoms with E-state index in [1.54, 1.807) is 37.3 Å². The lowest BCUT2D eigenvalue weighted by atomic mass is 10.0. The fraction of sp³-hybridized carbons (Fsp3) is 0.0870. The van der Waals surface area contributed by atoms with Gasteiger partial charge in [0.2, 0.25) is 5.91 Å². The van der Waals surface area contributed by atoms with Crippen molar-refractivity contribution >= 4 is 56.5 Å². The topological polar surface area (TPSA) is 118 Å². The van der Waals surface area contributed by atoms with Crippen LogP contribution in [-0.2, 0) is 11.3 Å². The number of hydrogen-bond acceptors (Lipinski definition) is 6. The molecule has 0 spiro atoms. The minimum atomic E-state index is -1.25. The van der Waals surface area contributed by atoms with Crippen LogP contribution in [0.2, 0.25) is 5.02 Å². The van der Waals surface area contributed by atoms with Gasteiger partial charge in [0.1, 0.15) is 17.2 Å². The second-order valence-electron chi connectivity index (χ2n) is 7.12. The van der Waals surface area contributed by atoms with Crippen molar-refractivity contribution in [3.05, 3.63) is 91.8 Å². The van der Waals surface area contributed by atoms with E-state index in [2.05, 4.69) is 10.3 Å². The Bertz CT molecular complexity index is 1480. The number of carbonyl (C=O) groups excluding carboxylic acids is 2. The van der Waals surface area contributed by atoms with Crippen molar-refractivity contribution in [2.24, 2.45) is 0 Å². The summed E-state index contributed by atoms with van der Waals surface area (Å²) in [5.74, 6) is -1.89. The lowest BCUT2D eigenvalue weighted by Crippen LogP contribution is -2.30. The Kier molecular flexibility index (Phi) is 6.08. The summed E-state index contributed by atoms with van der Waals surface area (Å²) in [6.07, 6.45) is 0. The molecule has 33 heavy (non-hydrogen) atoms. The number of hydrogen-bond donors (Lipinski definition) is 2.